The van der Waals surface area contributed by atoms with Gasteiger partial charge in [-0.1, -0.05) is 0 Å². The zero-order chi connectivity index (χ0) is 16.6. The first-order valence-corrected chi connectivity index (χ1v) is 7.06. The summed E-state index contributed by atoms with van der Waals surface area (Å²) in [5.41, 5.74) is 3.82. The predicted molar refractivity (Wildman–Crippen MR) is 73.3 cm³/mol. The molecule has 1 aromatic heterocycles. The number of anilines is 1. The van der Waals surface area contributed by atoms with Crippen molar-refractivity contribution >= 4 is 5.82 Å². The van der Waals surface area contributed by atoms with Crippen molar-refractivity contribution in [3.63, 3.8) is 0 Å². The van der Waals surface area contributed by atoms with Crippen LogP contribution < -0.4 is 15.9 Å². The van der Waals surface area contributed by atoms with Crippen LogP contribution in [0.2, 0.25) is 0 Å². The van der Waals surface area contributed by atoms with E-state index < -0.39 is 36.5 Å². The second-order valence-corrected chi connectivity index (χ2v) is 5.52. The average Bonchev–Trinajstić information content (AvgIpc) is 3.31. The number of aromatic nitrogens is 2. The van der Waals surface area contributed by atoms with Crippen LogP contribution in [0.15, 0.2) is 22.2 Å². The Bertz CT molecular complexity index is 703. The van der Waals surface area contributed by atoms with Crippen LogP contribution in [-0.2, 0) is 4.74 Å². The second-order valence-electron chi connectivity index (χ2n) is 5.52. The fourth-order valence-electron chi connectivity index (χ4n) is 2.41. The third kappa shape index (κ3) is 2.75. The molecule has 2 fully saturated rings. The SMILES string of the molecule is N=[N+]=N[C@]1(CO)O[C@@H](n2ccc(NC3CC3)nc2=O)[C@@H](F)[C@@H]1O. The highest BCUT2D eigenvalue weighted by atomic mass is 19.1. The van der Waals surface area contributed by atoms with Gasteiger partial charge in [-0.25, -0.2) is 9.18 Å². The lowest BCUT2D eigenvalue weighted by Crippen LogP contribution is -2.43. The fourth-order valence-corrected chi connectivity index (χ4v) is 2.41. The van der Waals surface area contributed by atoms with E-state index in [0.29, 0.717) is 11.9 Å². The van der Waals surface area contributed by atoms with Gasteiger partial charge in [-0.3, -0.25) is 4.57 Å². The van der Waals surface area contributed by atoms with E-state index in [1.807, 2.05) is 0 Å². The lowest BCUT2D eigenvalue weighted by Gasteiger charge is -2.18. The first-order valence-electron chi connectivity index (χ1n) is 7.06. The van der Waals surface area contributed by atoms with E-state index >= 15 is 0 Å². The molecule has 0 radical (unpaired) electrons. The third-order valence-electron chi connectivity index (χ3n) is 3.84. The highest BCUT2D eigenvalue weighted by molar-refractivity contribution is 5.35. The molecule has 23 heavy (non-hydrogen) atoms. The lowest BCUT2D eigenvalue weighted by molar-refractivity contribution is -0.128. The molecule has 0 spiro atoms. The highest BCUT2D eigenvalue weighted by Gasteiger charge is 2.60. The van der Waals surface area contributed by atoms with Gasteiger partial charge in [0.15, 0.2) is 17.5 Å². The summed E-state index contributed by atoms with van der Waals surface area (Å²) in [4.78, 5) is 18.6. The van der Waals surface area contributed by atoms with E-state index in [-0.39, 0.29) is 0 Å². The van der Waals surface area contributed by atoms with Gasteiger partial charge in [-0.15, -0.1) is 0 Å². The first kappa shape index (κ1) is 15.7. The number of aliphatic hydroxyl groups is 2. The minimum absolute atomic E-state index is 0.302. The Hall–Kier alpha value is -2.20. The van der Waals surface area contributed by atoms with Crippen LogP contribution in [0.5, 0.6) is 0 Å². The van der Waals surface area contributed by atoms with Crippen molar-refractivity contribution in [3.8, 4) is 0 Å². The van der Waals surface area contributed by atoms with Crippen molar-refractivity contribution in [2.75, 3.05) is 11.9 Å². The molecule has 0 unspecified atom stereocenters. The van der Waals surface area contributed by atoms with Crippen LogP contribution in [0, 0.1) is 5.53 Å². The Kier molecular flexibility index (Phi) is 3.94. The van der Waals surface area contributed by atoms with E-state index in [4.69, 9.17) is 10.3 Å². The van der Waals surface area contributed by atoms with Gasteiger partial charge in [0, 0.05) is 12.2 Å². The van der Waals surface area contributed by atoms with Gasteiger partial charge in [0.2, 0.25) is 4.91 Å². The van der Waals surface area contributed by atoms with E-state index in [2.05, 4.69) is 20.3 Å². The number of nitrogens with zero attached hydrogens (tertiary/aromatic N) is 4. The quantitative estimate of drug-likeness (QED) is 0.415. The van der Waals surface area contributed by atoms with Crippen LogP contribution in [-0.4, -0.2) is 50.4 Å². The lowest BCUT2D eigenvalue weighted by atomic mass is 10.1. The van der Waals surface area contributed by atoms with Crippen LogP contribution in [0.25, 0.3) is 0 Å². The molecule has 1 aliphatic heterocycles. The molecule has 0 aromatic carbocycles. The Morgan fingerprint density at radius 1 is 1.65 bits per heavy atom. The molecule has 3 rings (SSSR count). The molecule has 4 N–H and O–H groups in total. The summed E-state index contributed by atoms with van der Waals surface area (Å²) in [5, 5.41) is 25.5. The Labute approximate surface area is 129 Å². The maximum absolute atomic E-state index is 14.3. The van der Waals surface area contributed by atoms with Gasteiger partial charge in [-0.2, -0.15) is 4.98 Å². The standard InChI is InChI=1S/C12H15FN6O4/c13-8-9(21)12(5-20,17-18-14)23-10(8)19-4-3-7(16-11(19)22)15-6-1-2-6/h3-4,6,8-10,14,20-21H,1-2,5H2/p+1/t8-,9-,10+,12+/m0/s1. The molecule has 0 bridgehead atoms. The smallest absolute Gasteiger partial charge is 0.351 e. The van der Waals surface area contributed by atoms with Gasteiger partial charge < -0.3 is 20.3 Å². The number of nitrogens with one attached hydrogen (secondary N) is 2. The maximum Gasteiger partial charge on any atom is 0.351 e. The topological polar surface area (TPSA) is 147 Å². The van der Waals surface area contributed by atoms with Crippen molar-refractivity contribution in [1.82, 2.24) is 14.5 Å². The number of hydrogen-bond donors (Lipinski definition) is 4. The molecule has 2 heterocycles. The molecular weight excluding hydrogens is 311 g/mol. The molecule has 10 nitrogen and oxygen atoms in total. The zero-order valence-corrected chi connectivity index (χ0v) is 12.0. The van der Waals surface area contributed by atoms with Crippen LogP contribution in [0.1, 0.15) is 19.1 Å². The molecule has 1 aliphatic carbocycles. The summed E-state index contributed by atoms with van der Waals surface area (Å²) < 4.78 is 20.4. The number of alkyl halides is 1. The maximum atomic E-state index is 14.3. The van der Waals surface area contributed by atoms with Crippen molar-refractivity contribution in [2.24, 2.45) is 5.11 Å². The first-order chi connectivity index (χ1) is 11.0. The minimum atomic E-state index is -2.11. The molecule has 1 saturated carbocycles. The van der Waals surface area contributed by atoms with Gasteiger partial charge in [-0.05, 0) is 18.9 Å². The predicted octanol–water partition coefficient (Wildman–Crippen LogP) is -0.716. The van der Waals surface area contributed by atoms with Gasteiger partial charge >= 0.3 is 5.69 Å². The summed E-state index contributed by atoms with van der Waals surface area (Å²) in [5.74, 6) is 0.377. The average molecular weight is 327 g/mol. The van der Waals surface area contributed by atoms with E-state index in [0.717, 1.165) is 17.4 Å². The van der Waals surface area contributed by atoms with Crippen LogP contribution >= 0.6 is 0 Å². The minimum Gasteiger partial charge on any atom is -0.391 e. The summed E-state index contributed by atoms with van der Waals surface area (Å²) in [7, 11) is 0. The monoisotopic (exact) mass is 327 g/mol. The number of ether oxygens (including phenoxy) is 1. The van der Waals surface area contributed by atoms with E-state index in [1.165, 1.54) is 12.3 Å². The number of hydrogen-bond acceptors (Lipinski definition) is 8. The molecule has 11 heteroatoms. The normalized spacial score (nSPS) is 33.3. The number of aliphatic hydroxyl groups excluding tert-OH is 2. The molecular formula is C12H16FN6O4+. The second kappa shape index (κ2) is 5.78. The van der Waals surface area contributed by atoms with E-state index in [1.54, 1.807) is 0 Å². The van der Waals surface area contributed by atoms with Gasteiger partial charge in [0.1, 0.15) is 24.1 Å². The van der Waals surface area contributed by atoms with Gasteiger partial charge in [0.05, 0.1) is 0 Å². The zero-order valence-electron chi connectivity index (χ0n) is 12.0. The van der Waals surface area contributed by atoms with Crippen molar-refractivity contribution < 1.29 is 19.3 Å². The summed E-state index contributed by atoms with van der Waals surface area (Å²) in [6.07, 6.45) is -2.15. The van der Waals surface area contributed by atoms with Crippen molar-refractivity contribution in [2.45, 2.75) is 43.1 Å². The summed E-state index contributed by atoms with van der Waals surface area (Å²) in [6, 6.07) is 1.79. The van der Waals surface area contributed by atoms with Crippen molar-refractivity contribution in [3.05, 3.63) is 22.7 Å². The fraction of sp³-hybridized carbons (Fsp3) is 0.667. The molecule has 124 valence electrons. The Balaban J connectivity index is 1.89. The largest absolute Gasteiger partial charge is 0.391 e. The van der Waals surface area contributed by atoms with Crippen LogP contribution in [0.3, 0.4) is 0 Å². The number of halogens is 1. The number of rotatable bonds is 5. The van der Waals surface area contributed by atoms with Gasteiger partial charge in [0.25, 0.3) is 5.72 Å². The molecule has 0 amide bonds. The molecule has 1 aromatic rings. The summed E-state index contributed by atoms with van der Waals surface area (Å²) >= 11 is 0. The highest BCUT2D eigenvalue weighted by Crippen LogP contribution is 2.39. The molecule has 4 atom stereocenters. The Morgan fingerprint density at radius 2 is 2.39 bits per heavy atom. The van der Waals surface area contributed by atoms with Crippen LogP contribution in [0.4, 0.5) is 10.2 Å². The van der Waals surface area contributed by atoms with E-state index in [9.17, 15) is 19.4 Å². The Morgan fingerprint density at radius 3 is 2.96 bits per heavy atom. The molecule has 1 saturated heterocycles. The molecule has 2 aliphatic rings. The van der Waals surface area contributed by atoms with Crippen molar-refractivity contribution in [1.29, 1.82) is 5.53 Å². The summed E-state index contributed by atoms with van der Waals surface area (Å²) in [6.45, 7) is -0.892. The third-order valence-corrected chi connectivity index (χ3v) is 3.84.